The van der Waals surface area contributed by atoms with Gasteiger partial charge in [-0.25, -0.2) is 0 Å². The Hall–Kier alpha value is -1.15. The second kappa shape index (κ2) is 5.44. The van der Waals surface area contributed by atoms with E-state index in [-0.39, 0.29) is 24.3 Å². The summed E-state index contributed by atoms with van der Waals surface area (Å²) in [5, 5.41) is 2.15. The third-order valence-corrected chi connectivity index (χ3v) is 7.35. The van der Waals surface area contributed by atoms with E-state index in [0.717, 1.165) is 6.42 Å². The Kier molecular flexibility index (Phi) is 3.95. The van der Waals surface area contributed by atoms with Crippen molar-refractivity contribution in [1.82, 2.24) is 5.32 Å². The van der Waals surface area contributed by atoms with Crippen LogP contribution in [0.3, 0.4) is 0 Å². The molecule has 2 saturated carbocycles. The zero-order valence-electron chi connectivity index (χ0n) is 13.6. The monoisotopic (exact) mass is 345 g/mol. The highest BCUT2D eigenvalue weighted by atomic mass is 32.2. The Bertz CT molecular complexity index is 628. The van der Waals surface area contributed by atoms with Crippen LogP contribution in [0.4, 0.5) is 0 Å². The molecule has 7 nitrogen and oxygen atoms in total. The van der Waals surface area contributed by atoms with Gasteiger partial charge in [0, 0.05) is 17.3 Å². The number of amides is 1. The molecule has 1 aliphatic heterocycles. The van der Waals surface area contributed by atoms with Crippen molar-refractivity contribution in [3.8, 4) is 0 Å². The number of hydrogen-bond acceptors (Lipinski definition) is 6. The summed E-state index contributed by atoms with van der Waals surface area (Å²) in [5.41, 5.74) is -0.539. The molecule has 3 aliphatic rings. The van der Waals surface area contributed by atoms with Gasteiger partial charge in [-0.15, -0.1) is 0 Å². The SMILES string of the molecule is CCC(C)(C)C(=O)NCC(=O)OC1C2CC3C1OS(=O)(=O)C3C2. The summed E-state index contributed by atoms with van der Waals surface area (Å²) in [6.07, 6.45) is 0.820. The van der Waals surface area contributed by atoms with Gasteiger partial charge in [-0.2, -0.15) is 8.42 Å². The van der Waals surface area contributed by atoms with E-state index in [9.17, 15) is 18.0 Å². The average Bonchev–Trinajstić information content (AvgIpc) is 3.08. The lowest BCUT2D eigenvalue weighted by molar-refractivity contribution is -0.156. The molecular weight excluding hydrogens is 322 g/mol. The standard InChI is InChI=1S/C15H23NO6S/c1-4-15(2,3)14(18)16-7-11(17)21-12-8-5-9-10(6-8)23(19,20)22-13(9)12/h8-10,12-13H,4-7H2,1-3H3,(H,16,18). The van der Waals surface area contributed by atoms with Crippen LogP contribution in [-0.4, -0.2) is 44.3 Å². The zero-order valence-corrected chi connectivity index (χ0v) is 14.4. The lowest BCUT2D eigenvalue weighted by Gasteiger charge is -2.25. The number of carbonyl (C=O) groups is 2. The molecule has 3 fully saturated rings. The molecule has 0 spiro atoms. The lowest BCUT2D eigenvalue weighted by atomic mass is 9.89. The van der Waals surface area contributed by atoms with Crippen LogP contribution in [-0.2, 0) is 28.6 Å². The average molecular weight is 345 g/mol. The fraction of sp³-hybridized carbons (Fsp3) is 0.867. The summed E-state index contributed by atoms with van der Waals surface area (Å²) in [5.74, 6) is -0.771. The van der Waals surface area contributed by atoms with Crippen LogP contribution in [0.2, 0.25) is 0 Å². The highest BCUT2D eigenvalue weighted by molar-refractivity contribution is 7.87. The van der Waals surface area contributed by atoms with Crippen LogP contribution < -0.4 is 5.32 Å². The van der Waals surface area contributed by atoms with Crippen LogP contribution >= 0.6 is 0 Å². The van der Waals surface area contributed by atoms with Crippen molar-refractivity contribution in [3.05, 3.63) is 0 Å². The van der Waals surface area contributed by atoms with E-state index in [2.05, 4.69) is 5.32 Å². The van der Waals surface area contributed by atoms with Crippen molar-refractivity contribution in [2.75, 3.05) is 6.54 Å². The van der Waals surface area contributed by atoms with Crippen molar-refractivity contribution in [2.45, 2.75) is 57.5 Å². The molecule has 1 heterocycles. The fourth-order valence-corrected chi connectivity index (χ4v) is 5.67. The maximum Gasteiger partial charge on any atom is 0.325 e. The molecule has 0 aromatic rings. The third kappa shape index (κ3) is 2.76. The molecule has 23 heavy (non-hydrogen) atoms. The number of carbonyl (C=O) groups excluding carboxylic acids is 2. The summed E-state index contributed by atoms with van der Waals surface area (Å²) in [7, 11) is -3.51. The van der Waals surface area contributed by atoms with E-state index in [1.807, 2.05) is 6.92 Å². The Balaban J connectivity index is 1.55. The molecule has 1 saturated heterocycles. The van der Waals surface area contributed by atoms with Crippen molar-refractivity contribution < 1.29 is 26.9 Å². The topological polar surface area (TPSA) is 98.8 Å². The quantitative estimate of drug-likeness (QED) is 0.578. The van der Waals surface area contributed by atoms with E-state index < -0.39 is 39.0 Å². The third-order valence-electron chi connectivity index (χ3n) is 5.57. The van der Waals surface area contributed by atoms with Gasteiger partial charge in [0.25, 0.3) is 10.1 Å². The number of ether oxygens (including phenoxy) is 1. The Morgan fingerprint density at radius 1 is 1.30 bits per heavy atom. The Morgan fingerprint density at radius 3 is 2.65 bits per heavy atom. The van der Waals surface area contributed by atoms with Crippen molar-refractivity contribution in [1.29, 1.82) is 0 Å². The van der Waals surface area contributed by atoms with E-state index in [4.69, 9.17) is 8.92 Å². The minimum Gasteiger partial charge on any atom is -0.458 e. The van der Waals surface area contributed by atoms with Gasteiger partial charge in [0.05, 0.1) is 5.25 Å². The van der Waals surface area contributed by atoms with E-state index in [0.29, 0.717) is 12.8 Å². The van der Waals surface area contributed by atoms with Gasteiger partial charge >= 0.3 is 5.97 Å². The van der Waals surface area contributed by atoms with Crippen LogP contribution in [0.15, 0.2) is 0 Å². The molecule has 8 heteroatoms. The Labute approximate surface area is 136 Å². The minimum absolute atomic E-state index is 0.0407. The summed E-state index contributed by atoms with van der Waals surface area (Å²) in [4.78, 5) is 23.9. The molecule has 5 atom stereocenters. The molecule has 2 bridgehead atoms. The van der Waals surface area contributed by atoms with Crippen molar-refractivity contribution in [2.24, 2.45) is 17.3 Å². The van der Waals surface area contributed by atoms with Crippen molar-refractivity contribution in [3.63, 3.8) is 0 Å². The Morgan fingerprint density at radius 2 is 2.00 bits per heavy atom. The molecule has 0 radical (unpaired) electrons. The summed E-state index contributed by atoms with van der Waals surface area (Å²) < 4.78 is 34.3. The number of fused-ring (bicyclic) bond motifs is 1. The van der Waals surface area contributed by atoms with Crippen LogP contribution in [0, 0.1) is 17.3 Å². The molecule has 3 rings (SSSR count). The number of esters is 1. The van der Waals surface area contributed by atoms with Gasteiger partial charge in [-0.05, 0) is 19.3 Å². The highest BCUT2D eigenvalue weighted by Gasteiger charge is 2.65. The van der Waals surface area contributed by atoms with Crippen LogP contribution in [0.25, 0.3) is 0 Å². The first-order valence-electron chi connectivity index (χ1n) is 8.05. The summed E-state index contributed by atoms with van der Waals surface area (Å²) in [6.45, 7) is 5.31. The molecule has 1 N–H and O–H groups in total. The number of nitrogens with one attached hydrogen (secondary N) is 1. The maximum absolute atomic E-state index is 12.0. The lowest BCUT2D eigenvalue weighted by Crippen LogP contribution is -2.42. The first kappa shape index (κ1) is 16.7. The minimum atomic E-state index is -3.51. The second-order valence-corrected chi connectivity index (χ2v) is 9.15. The van der Waals surface area contributed by atoms with Gasteiger partial charge in [-0.3, -0.25) is 13.8 Å². The van der Waals surface area contributed by atoms with E-state index in [1.54, 1.807) is 13.8 Å². The highest BCUT2D eigenvalue weighted by Crippen LogP contribution is 2.55. The molecule has 2 aliphatic carbocycles. The zero-order chi connectivity index (χ0) is 17.0. The summed E-state index contributed by atoms with van der Waals surface area (Å²) >= 11 is 0. The van der Waals surface area contributed by atoms with Gasteiger partial charge in [0.2, 0.25) is 5.91 Å². The first-order valence-corrected chi connectivity index (χ1v) is 9.52. The van der Waals surface area contributed by atoms with Crippen LogP contribution in [0.1, 0.15) is 40.0 Å². The number of rotatable bonds is 5. The fourth-order valence-electron chi connectivity index (χ4n) is 3.79. The second-order valence-electron chi connectivity index (χ2n) is 7.36. The molecule has 5 unspecified atom stereocenters. The molecule has 1 amide bonds. The largest absolute Gasteiger partial charge is 0.458 e. The molecule has 0 aromatic carbocycles. The van der Waals surface area contributed by atoms with Gasteiger partial charge in [-0.1, -0.05) is 20.8 Å². The van der Waals surface area contributed by atoms with Crippen LogP contribution in [0.5, 0.6) is 0 Å². The maximum atomic E-state index is 12.0. The predicted molar refractivity (Wildman–Crippen MR) is 80.8 cm³/mol. The first-order chi connectivity index (χ1) is 10.7. The van der Waals surface area contributed by atoms with E-state index in [1.165, 1.54) is 0 Å². The predicted octanol–water partition coefficient (Wildman–Crippen LogP) is 0.588. The molecule has 130 valence electrons. The van der Waals surface area contributed by atoms with Crippen molar-refractivity contribution >= 4 is 22.0 Å². The normalized spacial score (nSPS) is 36.9. The van der Waals surface area contributed by atoms with Gasteiger partial charge in [0.15, 0.2) is 0 Å². The van der Waals surface area contributed by atoms with Gasteiger partial charge in [0.1, 0.15) is 18.8 Å². The molecular formula is C15H23NO6S. The summed E-state index contributed by atoms with van der Waals surface area (Å²) in [6, 6.07) is 0. The smallest absolute Gasteiger partial charge is 0.325 e. The van der Waals surface area contributed by atoms with Gasteiger partial charge < -0.3 is 10.1 Å². The van der Waals surface area contributed by atoms with E-state index >= 15 is 0 Å². The molecule has 0 aromatic heterocycles. The number of hydrogen-bond donors (Lipinski definition) is 1.